The monoisotopic (exact) mass is 242 g/mol. The van der Waals surface area contributed by atoms with Crippen molar-refractivity contribution in [3.8, 4) is 0 Å². The van der Waals surface area contributed by atoms with E-state index in [4.69, 9.17) is 0 Å². The normalized spacial score (nSPS) is 24.2. The number of aliphatic hydroxyl groups is 1. The minimum absolute atomic E-state index is 0.191. The summed E-state index contributed by atoms with van der Waals surface area (Å²) in [5.41, 5.74) is 0. The lowest BCUT2D eigenvalue weighted by Gasteiger charge is -2.24. The van der Waals surface area contributed by atoms with Crippen LogP contribution in [0, 0.1) is 5.92 Å². The Hall–Kier alpha value is -0.120. The number of hydrogen-bond acceptors (Lipinski definition) is 3. The van der Waals surface area contributed by atoms with Crippen LogP contribution in [-0.4, -0.2) is 36.4 Å². The SMILES string of the molecule is CCC(CC)C(O)CNC(C)CC1CCCN1. The molecule has 3 unspecified atom stereocenters. The summed E-state index contributed by atoms with van der Waals surface area (Å²) in [5, 5.41) is 17.0. The van der Waals surface area contributed by atoms with Gasteiger partial charge in [-0.3, -0.25) is 0 Å². The highest BCUT2D eigenvalue weighted by Crippen LogP contribution is 2.14. The number of hydrogen-bond donors (Lipinski definition) is 3. The minimum Gasteiger partial charge on any atom is -0.392 e. The lowest BCUT2D eigenvalue weighted by Crippen LogP contribution is -2.40. The predicted molar refractivity (Wildman–Crippen MR) is 73.2 cm³/mol. The van der Waals surface area contributed by atoms with E-state index in [0.717, 1.165) is 19.4 Å². The molecular weight excluding hydrogens is 212 g/mol. The third-order valence-electron chi connectivity index (χ3n) is 4.07. The molecule has 1 heterocycles. The standard InChI is InChI=1S/C14H30N2O/c1-4-12(5-2)14(17)10-16-11(3)9-13-7-6-8-15-13/h11-17H,4-10H2,1-3H3. The zero-order valence-electron chi connectivity index (χ0n) is 11.7. The van der Waals surface area contributed by atoms with Gasteiger partial charge in [0.25, 0.3) is 0 Å². The van der Waals surface area contributed by atoms with Crippen LogP contribution in [0.25, 0.3) is 0 Å². The van der Waals surface area contributed by atoms with Gasteiger partial charge in [-0.25, -0.2) is 0 Å². The first-order chi connectivity index (χ1) is 8.17. The highest BCUT2D eigenvalue weighted by molar-refractivity contribution is 4.79. The molecule has 17 heavy (non-hydrogen) atoms. The van der Waals surface area contributed by atoms with E-state index in [1.54, 1.807) is 0 Å². The summed E-state index contributed by atoms with van der Waals surface area (Å²) in [4.78, 5) is 0. The Morgan fingerprint density at radius 3 is 2.59 bits per heavy atom. The second kappa shape index (κ2) is 8.06. The molecule has 3 N–H and O–H groups in total. The molecule has 1 rings (SSSR count). The molecule has 0 aromatic rings. The summed E-state index contributed by atoms with van der Waals surface area (Å²) < 4.78 is 0. The molecule has 0 radical (unpaired) electrons. The maximum absolute atomic E-state index is 10.0. The molecule has 0 aromatic heterocycles. The van der Waals surface area contributed by atoms with E-state index in [2.05, 4.69) is 31.4 Å². The molecule has 0 aliphatic carbocycles. The van der Waals surface area contributed by atoms with Crippen LogP contribution in [0.5, 0.6) is 0 Å². The average Bonchev–Trinajstić information content (AvgIpc) is 2.81. The van der Waals surface area contributed by atoms with Gasteiger partial charge in [0, 0.05) is 18.6 Å². The molecule has 0 spiro atoms. The molecule has 3 atom stereocenters. The van der Waals surface area contributed by atoms with Gasteiger partial charge in [-0.1, -0.05) is 26.7 Å². The highest BCUT2D eigenvalue weighted by atomic mass is 16.3. The first-order valence-corrected chi connectivity index (χ1v) is 7.32. The summed E-state index contributed by atoms with van der Waals surface area (Å²) in [6.45, 7) is 8.44. The van der Waals surface area contributed by atoms with Crippen molar-refractivity contribution >= 4 is 0 Å². The van der Waals surface area contributed by atoms with Crippen LogP contribution in [0.4, 0.5) is 0 Å². The number of aliphatic hydroxyl groups excluding tert-OH is 1. The van der Waals surface area contributed by atoms with Gasteiger partial charge >= 0.3 is 0 Å². The molecule has 1 saturated heterocycles. The van der Waals surface area contributed by atoms with Gasteiger partial charge in [0.2, 0.25) is 0 Å². The van der Waals surface area contributed by atoms with Gasteiger partial charge in [-0.15, -0.1) is 0 Å². The van der Waals surface area contributed by atoms with Crippen LogP contribution in [0.3, 0.4) is 0 Å². The topological polar surface area (TPSA) is 44.3 Å². The Labute approximate surface area is 106 Å². The largest absolute Gasteiger partial charge is 0.392 e. The van der Waals surface area contributed by atoms with Gasteiger partial charge < -0.3 is 15.7 Å². The third-order valence-corrected chi connectivity index (χ3v) is 4.07. The fraction of sp³-hybridized carbons (Fsp3) is 1.00. The summed E-state index contributed by atoms with van der Waals surface area (Å²) in [5.74, 6) is 0.444. The Bertz CT molecular complexity index is 189. The zero-order chi connectivity index (χ0) is 12.7. The van der Waals surface area contributed by atoms with E-state index in [-0.39, 0.29) is 6.10 Å². The van der Waals surface area contributed by atoms with E-state index in [1.807, 2.05) is 0 Å². The smallest absolute Gasteiger partial charge is 0.0692 e. The van der Waals surface area contributed by atoms with Gasteiger partial charge in [-0.05, 0) is 38.6 Å². The van der Waals surface area contributed by atoms with Crippen LogP contribution in [0.15, 0.2) is 0 Å². The minimum atomic E-state index is -0.191. The molecule has 3 heteroatoms. The maximum atomic E-state index is 10.0. The molecule has 3 nitrogen and oxygen atoms in total. The molecule has 102 valence electrons. The predicted octanol–water partition coefficient (Wildman–Crippen LogP) is 1.90. The molecule has 0 saturated carbocycles. The van der Waals surface area contributed by atoms with Crippen LogP contribution in [0.2, 0.25) is 0 Å². The van der Waals surface area contributed by atoms with Crippen molar-refractivity contribution in [2.24, 2.45) is 5.92 Å². The van der Waals surface area contributed by atoms with E-state index in [0.29, 0.717) is 18.0 Å². The molecule has 1 aliphatic heterocycles. The van der Waals surface area contributed by atoms with Crippen molar-refractivity contribution < 1.29 is 5.11 Å². The molecule has 1 aliphatic rings. The fourth-order valence-corrected chi connectivity index (χ4v) is 2.79. The Kier molecular flexibility index (Phi) is 7.09. The highest BCUT2D eigenvalue weighted by Gasteiger charge is 2.19. The molecule has 1 fully saturated rings. The van der Waals surface area contributed by atoms with E-state index in [9.17, 15) is 5.11 Å². The summed E-state index contributed by atoms with van der Waals surface area (Å²) in [6.07, 6.45) is 5.74. The van der Waals surface area contributed by atoms with Crippen molar-refractivity contribution in [1.29, 1.82) is 0 Å². The van der Waals surface area contributed by atoms with Crippen molar-refractivity contribution in [3.63, 3.8) is 0 Å². The van der Waals surface area contributed by atoms with Gasteiger partial charge in [0.1, 0.15) is 0 Å². The quantitative estimate of drug-likeness (QED) is 0.609. The second-order valence-electron chi connectivity index (χ2n) is 5.48. The van der Waals surface area contributed by atoms with Crippen LogP contribution in [0.1, 0.15) is 52.9 Å². The van der Waals surface area contributed by atoms with Crippen molar-refractivity contribution in [1.82, 2.24) is 10.6 Å². The van der Waals surface area contributed by atoms with Gasteiger partial charge in [-0.2, -0.15) is 0 Å². The van der Waals surface area contributed by atoms with Crippen LogP contribution >= 0.6 is 0 Å². The average molecular weight is 242 g/mol. The zero-order valence-corrected chi connectivity index (χ0v) is 11.7. The molecule has 0 aromatic carbocycles. The van der Waals surface area contributed by atoms with Crippen LogP contribution in [-0.2, 0) is 0 Å². The molecular formula is C14H30N2O. The molecule has 0 bridgehead atoms. The van der Waals surface area contributed by atoms with Crippen LogP contribution < -0.4 is 10.6 Å². The Balaban J connectivity index is 2.15. The Morgan fingerprint density at radius 1 is 1.35 bits per heavy atom. The van der Waals surface area contributed by atoms with Crippen molar-refractivity contribution in [2.75, 3.05) is 13.1 Å². The first kappa shape index (κ1) is 14.9. The van der Waals surface area contributed by atoms with Gasteiger partial charge in [0.15, 0.2) is 0 Å². The van der Waals surface area contributed by atoms with Crippen molar-refractivity contribution in [2.45, 2.75) is 71.1 Å². The van der Waals surface area contributed by atoms with E-state index < -0.39 is 0 Å². The number of rotatable bonds is 8. The summed E-state index contributed by atoms with van der Waals surface area (Å²) in [6, 6.07) is 1.18. The van der Waals surface area contributed by atoms with Gasteiger partial charge in [0.05, 0.1) is 6.10 Å². The van der Waals surface area contributed by atoms with Crippen molar-refractivity contribution in [3.05, 3.63) is 0 Å². The Morgan fingerprint density at radius 2 is 2.06 bits per heavy atom. The molecule has 0 amide bonds. The second-order valence-corrected chi connectivity index (χ2v) is 5.48. The lowest BCUT2D eigenvalue weighted by atomic mass is 9.96. The van der Waals surface area contributed by atoms with E-state index in [1.165, 1.54) is 25.8 Å². The summed E-state index contributed by atoms with van der Waals surface area (Å²) in [7, 11) is 0. The lowest BCUT2D eigenvalue weighted by molar-refractivity contribution is 0.0981. The first-order valence-electron chi connectivity index (χ1n) is 7.32. The maximum Gasteiger partial charge on any atom is 0.0692 e. The number of nitrogens with one attached hydrogen (secondary N) is 2. The van der Waals surface area contributed by atoms with E-state index >= 15 is 0 Å². The fourth-order valence-electron chi connectivity index (χ4n) is 2.79. The summed E-state index contributed by atoms with van der Waals surface area (Å²) >= 11 is 0. The third kappa shape index (κ3) is 5.36.